The molecule has 0 aliphatic heterocycles. The maximum absolute atomic E-state index is 9.02. The number of aliphatic hydroxyl groups excluding tert-OH is 1. The number of hydrogen-bond acceptors (Lipinski definition) is 4. The van der Waals surface area contributed by atoms with E-state index >= 15 is 0 Å². The second kappa shape index (κ2) is 4.88. The van der Waals surface area contributed by atoms with Gasteiger partial charge in [-0.25, -0.2) is 0 Å². The molecule has 0 saturated carbocycles. The van der Waals surface area contributed by atoms with E-state index in [0.29, 0.717) is 17.9 Å². The number of nitrogen functional groups attached to an aromatic ring is 1. The summed E-state index contributed by atoms with van der Waals surface area (Å²) >= 11 is 0. The summed E-state index contributed by atoms with van der Waals surface area (Å²) in [5.74, 6) is 1.20. The first-order valence-corrected chi connectivity index (χ1v) is 5.28. The van der Waals surface area contributed by atoms with Gasteiger partial charge in [0, 0.05) is 11.8 Å². The van der Waals surface area contributed by atoms with Gasteiger partial charge >= 0.3 is 0 Å². The number of ether oxygens (including phenoxy) is 1. The highest BCUT2D eigenvalue weighted by molar-refractivity contribution is 5.37. The van der Waals surface area contributed by atoms with Gasteiger partial charge in [0.2, 0.25) is 0 Å². The molecule has 0 aliphatic rings. The van der Waals surface area contributed by atoms with Gasteiger partial charge in [0.05, 0.1) is 20.3 Å². The van der Waals surface area contributed by atoms with Crippen LogP contribution in [0.15, 0.2) is 30.5 Å². The van der Waals surface area contributed by atoms with Crippen LogP contribution in [-0.2, 0) is 13.2 Å². The fraction of sp³-hybridized carbons (Fsp3) is 0.250. The average molecular weight is 233 g/mol. The highest BCUT2D eigenvalue weighted by Crippen LogP contribution is 2.14. The maximum Gasteiger partial charge on any atom is 0.150 e. The number of rotatable bonds is 4. The van der Waals surface area contributed by atoms with E-state index in [-0.39, 0.29) is 6.61 Å². The molecule has 0 saturated heterocycles. The number of aliphatic hydroxyl groups is 1. The second-order valence-electron chi connectivity index (χ2n) is 3.74. The highest BCUT2D eigenvalue weighted by atomic mass is 16.5. The molecular weight excluding hydrogens is 218 g/mol. The molecule has 1 aromatic carbocycles. The number of nitrogens with zero attached hydrogens (tertiary/aromatic N) is 2. The Bertz CT molecular complexity index is 491. The van der Waals surface area contributed by atoms with E-state index in [1.165, 1.54) is 0 Å². The van der Waals surface area contributed by atoms with E-state index in [4.69, 9.17) is 15.6 Å². The first-order valence-electron chi connectivity index (χ1n) is 5.28. The molecule has 0 spiro atoms. The van der Waals surface area contributed by atoms with Gasteiger partial charge in [-0.15, -0.1) is 0 Å². The Morgan fingerprint density at radius 1 is 1.35 bits per heavy atom. The Hall–Kier alpha value is -2.01. The summed E-state index contributed by atoms with van der Waals surface area (Å²) in [7, 11) is 1.64. The molecule has 2 aromatic rings. The Morgan fingerprint density at radius 3 is 2.59 bits per heavy atom. The van der Waals surface area contributed by atoms with Crippen molar-refractivity contribution < 1.29 is 9.84 Å². The van der Waals surface area contributed by atoms with Crippen molar-refractivity contribution in [3.8, 4) is 5.75 Å². The van der Waals surface area contributed by atoms with Crippen LogP contribution in [0.2, 0.25) is 0 Å². The van der Waals surface area contributed by atoms with E-state index in [1.807, 2.05) is 24.3 Å². The zero-order valence-corrected chi connectivity index (χ0v) is 9.63. The summed E-state index contributed by atoms with van der Waals surface area (Å²) in [5.41, 5.74) is 7.39. The van der Waals surface area contributed by atoms with Crippen molar-refractivity contribution in [2.45, 2.75) is 13.2 Å². The first-order chi connectivity index (χ1) is 8.22. The van der Waals surface area contributed by atoms with Crippen molar-refractivity contribution in [2.75, 3.05) is 12.8 Å². The van der Waals surface area contributed by atoms with Crippen LogP contribution in [0.5, 0.6) is 5.75 Å². The zero-order chi connectivity index (χ0) is 12.3. The van der Waals surface area contributed by atoms with Crippen molar-refractivity contribution in [1.29, 1.82) is 0 Å². The van der Waals surface area contributed by atoms with Crippen molar-refractivity contribution in [3.63, 3.8) is 0 Å². The molecule has 0 radical (unpaired) electrons. The number of aromatic nitrogens is 2. The molecule has 90 valence electrons. The number of methoxy groups -OCH3 is 1. The summed E-state index contributed by atoms with van der Waals surface area (Å²) in [6, 6.07) is 7.73. The van der Waals surface area contributed by atoms with E-state index < -0.39 is 0 Å². The lowest BCUT2D eigenvalue weighted by Crippen LogP contribution is -2.00. The van der Waals surface area contributed by atoms with Gasteiger partial charge in [0.1, 0.15) is 5.75 Å². The second-order valence-corrected chi connectivity index (χ2v) is 3.74. The van der Waals surface area contributed by atoms with Gasteiger partial charge in [0.25, 0.3) is 0 Å². The van der Waals surface area contributed by atoms with Gasteiger partial charge in [0.15, 0.2) is 5.82 Å². The minimum atomic E-state index is -0.0888. The smallest absolute Gasteiger partial charge is 0.150 e. The summed E-state index contributed by atoms with van der Waals surface area (Å²) < 4.78 is 6.80. The van der Waals surface area contributed by atoms with Crippen molar-refractivity contribution >= 4 is 5.82 Å². The molecule has 0 amide bonds. The van der Waals surface area contributed by atoms with Crippen molar-refractivity contribution in [3.05, 3.63) is 41.6 Å². The van der Waals surface area contributed by atoms with Crippen LogP contribution in [0, 0.1) is 0 Å². The monoisotopic (exact) mass is 233 g/mol. The quantitative estimate of drug-likeness (QED) is 0.826. The van der Waals surface area contributed by atoms with Crippen LogP contribution in [0.1, 0.15) is 11.1 Å². The molecule has 0 atom stereocenters. The van der Waals surface area contributed by atoms with Gasteiger partial charge in [-0.2, -0.15) is 5.10 Å². The lowest BCUT2D eigenvalue weighted by molar-refractivity contribution is 0.282. The Morgan fingerprint density at radius 2 is 2.06 bits per heavy atom. The SMILES string of the molecule is COc1ccc(Cn2cc(CO)c(N)n2)cc1. The summed E-state index contributed by atoms with van der Waals surface area (Å²) in [6.45, 7) is 0.530. The Labute approximate surface area is 99.4 Å². The molecule has 1 heterocycles. The zero-order valence-electron chi connectivity index (χ0n) is 9.63. The van der Waals surface area contributed by atoms with Gasteiger partial charge in [-0.1, -0.05) is 12.1 Å². The Balaban J connectivity index is 2.13. The van der Waals surface area contributed by atoms with E-state index in [0.717, 1.165) is 11.3 Å². The fourth-order valence-electron chi connectivity index (χ4n) is 1.60. The molecule has 0 unspecified atom stereocenters. The van der Waals surface area contributed by atoms with Gasteiger partial charge < -0.3 is 15.6 Å². The van der Waals surface area contributed by atoms with Crippen LogP contribution in [0.4, 0.5) is 5.82 Å². The number of hydrogen-bond donors (Lipinski definition) is 2. The van der Waals surface area contributed by atoms with Crippen LogP contribution < -0.4 is 10.5 Å². The third-order valence-electron chi connectivity index (χ3n) is 2.54. The van der Waals surface area contributed by atoms with Gasteiger partial charge in [-0.05, 0) is 17.7 Å². The number of nitrogens with two attached hydrogens (primary N) is 1. The lowest BCUT2D eigenvalue weighted by Gasteiger charge is -2.03. The Kier molecular flexibility index (Phi) is 3.30. The molecule has 5 heteroatoms. The summed E-state index contributed by atoms with van der Waals surface area (Å²) in [6.07, 6.45) is 1.75. The van der Waals surface area contributed by atoms with E-state index in [1.54, 1.807) is 18.0 Å². The third kappa shape index (κ3) is 2.57. The van der Waals surface area contributed by atoms with E-state index in [2.05, 4.69) is 5.10 Å². The molecule has 1 aromatic heterocycles. The molecule has 0 fully saturated rings. The third-order valence-corrected chi connectivity index (χ3v) is 2.54. The fourth-order valence-corrected chi connectivity index (χ4v) is 1.60. The highest BCUT2D eigenvalue weighted by Gasteiger charge is 2.04. The molecule has 5 nitrogen and oxygen atoms in total. The normalized spacial score (nSPS) is 10.5. The average Bonchev–Trinajstić information content (AvgIpc) is 2.70. The number of benzene rings is 1. The van der Waals surface area contributed by atoms with Gasteiger partial charge in [-0.3, -0.25) is 4.68 Å². The van der Waals surface area contributed by atoms with Crippen LogP contribution in [-0.4, -0.2) is 22.0 Å². The molecule has 0 aliphatic carbocycles. The number of anilines is 1. The predicted octanol–water partition coefficient (Wildman–Crippen LogP) is 1.01. The molecule has 3 N–H and O–H groups in total. The van der Waals surface area contributed by atoms with Crippen LogP contribution in [0.3, 0.4) is 0 Å². The standard InChI is InChI=1S/C12H15N3O2/c1-17-11-4-2-9(3-5-11)6-15-7-10(8-16)12(13)14-15/h2-5,7,16H,6,8H2,1H3,(H2,13,14). The molecule has 17 heavy (non-hydrogen) atoms. The predicted molar refractivity (Wildman–Crippen MR) is 64.7 cm³/mol. The van der Waals surface area contributed by atoms with Crippen molar-refractivity contribution in [1.82, 2.24) is 9.78 Å². The molecular formula is C12H15N3O2. The van der Waals surface area contributed by atoms with Crippen LogP contribution in [0.25, 0.3) is 0 Å². The van der Waals surface area contributed by atoms with Crippen molar-refractivity contribution in [2.24, 2.45) is 0 Å². The minimum Gasteiger partial charge on any atom is -0.497 e. The maximum atomic E-state index is 9.02. The largest absolute Gasteiger partial charge is 0.497 e. The minimum absolute atomic E-state index is 0.0888. The lowest BCUT2D eigenvalue weighted by atomic mass is 10.2. The van der Waals surface area contributed by atoms with E-state index in [9.17, 15) is 0 Å². The summed E-state index contributed by atoms with van der Waals surface area (Å²) in [4.78, 5) is 0. The first kappa shape index (κ1) is 11.5. The summed E-state index contributed by atoms with van der Waals surface area (Å²) in [5, 5.41) is 13.1. The molecule has 2 rings (SSSR count). The molecule has 0 bridgehead atoms. The van der Waals surface area contributed by atoms with Crippen LogP contribution >= 0.6 is 0 Å². The topological polar surface area (TPSA) is 73.3 Å².